The minimum Gasteiger partial charge on any atom is -0.334 e. The second-order valence-electron chi connectivity index (χ2n) is 5.26. The van der Waals surface area contributed by atoms with Crippen molar-refractivity contribution in [2.45, 2.75) is 37.3 Å². The number of carbonyl (C=O) groups excluding carboxylic acids is 1. The minimum absolute atomic E-state index is 0.209. The standard InChI is InChI=1S/C11H15N3O3S/c15-9(11-3-1-8(7-11)2-4-11)14-18(16,17)10-12-5-6-13-10/h5-6,8H,1-4,7H2,(H,12,13)(H,14,15). The van der Waals surface area contributed by atoms with Gasteiger partial charge in [-0.2, -0.15) is 8.42 Å². The Morgan fingerprint density at radius 3 is 2.67 bits per heavy atom. The van der Waals surface area contributed by atoms with Gasteiger partial charge in [0, 0.05) is 12.4 Å². The fourth-order valence-corrected chi connectivity index (χ4v) is 4.17. The van der Waals surface area contributed by atoms with Crippen LogP contribution in [0, 0.1) is 11.3 Å². The van der Waals surface area contributed by atoms with Gasteiger partial charge < -0.3 is 4.98 Å². The Hall–Kier alpha value is -1.37. The Balaban J connectivity index is 1.79. The van der Waals surface area contributed by atoms with Crippen LogP contribution in [0.3, 0.4) is 0 Å². The van der Waals surface area contributed by atoms with Gasteiger partial charge in [0.05, 0.1) is 5.41 Å². The van der Waals surface area contributed by atoms with Crippen LogP contribution >= 0.6 is 0 Å². The molecule has 0 radical (unpaired) electrons. The summed E-state index contributed by atoms with van der Waals surface area (Å²) in [7, 11) is -3.85. The van der Waals surface area contributed by atoms with Crippen molar-refractivity contribution < 1.29 is 13.2 Å². The van der Waals surface area contributed by atoms with Crippen LogP contribution in [0.2, 0.25) is 0 Å². The van der Waals surface area contributed by atoms with Gasteiger partial charge in [-0.25, -0.2) is 9.71 Å². The van der Waals surface area contributed by atoms with Crippen LogP contribution in [-0.2, 0) is 14.8 Å². The maximum absolute atomic E-state index is 12.2. The predicted octanol–water partition coefficient (Wildman–Crippen LogP) is 0.795. The SMILES string of the molecule is O=C(NS(=O)(=O)c1ncc[nH]1)C12CCC(CC1)C2. The maximum atomic E-state index is 12.2. The van der Waals surface area contributed by atoms with E-state index in [0.717, 1.165) is 32.1 Å². The number of H-pyrrole nitrogens is 1. The summed E-state index contributed by atoms with van der Waals surface area (Å²) in [5.74, 6) is 0.237. The highest BCUT2D eigenvalue weighted by atomic mass is 32.2. The summed E-state index contributed by atoms with van der Waals surface area (Å²) in [4.78, 5) is 18.4. The summed E-state index contributed by atoms with van der Waals surface area (Å²) < 4.78 is 26.0. The highest BCUT2D eigenvalue weighted by molar-refractivity contribution is 7.89. The molecule has 2 bridgehead atoms. The van der Waals surface area contributed by atoms with Crippen molar-refractivity contribution in [3.05, 3.63) is 12.4 Å². The van der Waals surface area contributed by atoms with E-state index in [1.54, 1.807) is 0 Å². The molecule has 0 unspecified atom stereocenters. The Labute approximate surface area is 105 Å². The fraction of sp³-hybridized carbons (Fsp3) is 0.636. The summed E-state index contributed by atoms with van der Waals surface area (Å²) in [6.07, 6.45) is 7.26. The zero-order valence-electron chi connectivity index (χ0n) is 9.85. The Kier molecular flexibility index (Phi) is 2.48. The van der Waals surface area contributed by atoms with Gasteiger partial charge in [0.2, 0.25) is 11.1 Å². The maximum Gasteiger partial charge on any atom is 0.297 e. The number of hydrogen-bond donors (Lipinski definition) is 2. The van der Waals surface area contributed by atoms with E-state index in [9.17, 15) is 13.2 Å². The largest absolute Gasteiger partial charge is 0.334 e. The van der Waals surface area contributed by atoms with Crippen molar-refractivity contribution in [1.82, 2.24) is 14.7 Å². The van der Waals surface area contributed by atoms with E-state index in [2.05, 4.69) is 14.7 Å². The van der Waals surface area contributed by atoms with Gasteiger partial charge >= 0.3 is 0 Å². The van der Waals surface area contributed by atoms with Gasteiger partial charge in [-0.05, 0) is 38.0 Å². The van der Waals surface area contributed by atoms with Crippen molar-refractivity contribution in [3.8, 4) is 0 Å². The van der Waals surface area contributed by atoms with Crippen LogP contribution in [0.25, 0.3) is 0 Å². The van der Waals surface area contributed by atoms with E-state index in [-0.39, 0.29) is 11.1 Å². The lowest BCUT2D eigenvalue weighted by Crippen LogP contribution is -2.41. The van der Waals surface area contributed by atoms with Crippen LogP contribution in [0.5, 0.6) is 0 Å². The number of imidazole rings is 1. The fourth-order valence-electron chi connectivity index (χ4n) is 3.19. The molecule has 7 heteroatoms. The molecule has 98 valence electrons. The monoisotopic (exact) mass is 269 g/mol. The third kappa shape index (κ3) is 1.73. The van der Waals surface area contributed by atoms with E-state index in [0.29, 0.717) is 5.92 Å². The van der Waals surface area contributed by atoms with E-state index < -0.39 is 15.4 Å². The van der Waals surface area contributed by atoms with Crippen molar-refractivity contribution in [2.75, 3.05) is 0 Å². The van der Waals surface area contributed by atoms with Gasteiger partial charge in [-0.1, -0.05) is 0 Å². The van der Waals surface area contributed by atoms with Crippen LogP contribution in [0.15, 0.2) is 17.6 Å². The number of carbonyl (C=O) groups is 1. The van der Waals surface area contributed by atoms with Crippen molar-refractivity contribution >= 4 is 15.9 Å². The molecule has 2 aliphatic rings. The number of hydrogen-bond acceptors (Lipinski definition) is 4. The second kappa shape index (κ2) is 3.81. The quantitative estimate of drug-likeness (QED) is 0.848. The normalized spacial score (nSPS) is 30.6. The molecule has 1 amide bonds. The number of aromatic nitrogens is 2. The number of sulfonamides is 1. The highest BCUT2D eigenvalue weighted by Gasteiger charge is 2.50. The Bertz CT molecular complexity index is 556. The third-order valence-electron chi connectivity index (χ3n) is 4.18. The van der Waals surface area contributed by atoms with Gasteiger partial charge in [0.15, 0.2) is 0 Å². The lowest BCUT2D eigenvalue weighted by Gasteiger charge is -2.24. The molecule has 1 aromatic heterocycles. The molecular formula is C11H15N3O3S. The van der Waals surface area contributed by atoms with Gasteiger partial charge in [0.1, 0.15) is 0 Å². The average Bonchev–Trinajstić information content (AvgIpc) is 3.06. The summed E-state index contributed by atoms with van der Waals surface area (Å²) in [6, 6.07) is 0. The summed E-state index contributed by atoms with van der Waals surface area (Å²) >= 11 is 0. The van der Waals surface area contributed by atoms with E-state index in [1.165, 1.54) is 12.4 Å². The average molecular weight is 269 g/mol. The molecule has 2 fully saturated rings. The summed E-state index contributed by atoms with van der Waals surface area (Å²) in [5, 5.41) is -0.209. The van der Waals surface area contributed by atoms with Crippen LogP contribution < -0.4 is 4.72 Å². The first-order valence-electron chi connectivity index (χ1n) is 6.08. The molecule has 2 saturated carbocycles. The molecule has 0 aliphatic heterocycles. The van der Waals surface area contributed by atoms with Crippen molar-refractivity contribution in [3.63, 3.8) is 0 Å². The molecule has 18 heavy (non-hydrogen) atoms. The molecule has 3 rings (SSSR count). The molecule has 1 heterocycles. The first kappa shape index (κ1) is 11.7. The minimum atomic E-state index is -3.85. The molecule has 2 aliphatic carbocycles. The Morgan fingerprint density at radius 2 is 2.17 bits per heavy atom. The van der Waals surface area contributed by atoms with Gasteiger partial charge in [-0.15, -0.1) is 0 Å². The summed E-state index contributed by atoms with van der Waals surface area (Å²) in [6.45, 7) is 0. The molecule has 0 saturated heterocycles. The number of nitrogens with one attached hydrogen (secondary N) is 2. The number of amides is 1. The van der Waals surface area contributed by atoms with E-state index >= 15 is 0 Å². The second-order valence-corrected chi connectivity index (χ2v) is 6.85. The van der Waals surface area contributed by atoms with Gasteiger partial charge in [0.25, 0.3) is 10.0 Å². The third-order valence-corrected chi connectivity index (χ3v) is 5.36. The van der Waals surface area contributed by atoms with Crippen LogP contribution in [0.4, 0.5) is 0 Å². The first-order valence-corrected chi connectivity index (χ1v) is 7.57. The number of rotatable bonds is 3. The van der Waals surface area contributed by atoms with Crippen LogP contribution in [-0.4, -0.2) is 24.3 Å². The zero-order chi connectivity index (χ0) is 12.8. The lowest BCUT2D eigenvalue weighted by atomic mass is 9.84. The topological polar surface area (TPSA) is 91.9 Å². The molecule has 1 aromatic rings. The molecule has 0 aromatic carbocycles. The molecule has 0 atom stereocenters. The number of aromatic amines is 1. The predicted molar refractivity (Wildman–Crippen MR) is 62.9 cm³/mol. The van der Waals surface area contributed by atoms with Crippen molar-refractivity contribution in [1.29, 1.82) is 0 Å². The number of nitrogens with zero attached hydrogens (tertiary/aromatic N) is 1. The lowest BCUT2D eigenvalue weighted by molar-refractivity contribution is -0.128. The molecular weight excluding hydrogens is 254 g/mol. The van der Waals surface area contributed by atoms with Crippen LogP contribution in [0.1, 0.15) is 32.1 Å². The van der Waals surface area contributed by atoms with E-state index in [1.807, 2.05) is 0 Å². The van der Waals surface area contributed by atoms with Crippen molar-refractivity contribution in [2.24, 2.45) is 11.3 Å². The zero-order valence-corrected chi connectivity index (χ0v) is 10.7. The Morgan fingerprint density at radius 1 is 1.44 bits per heavy atom. The first-order chi connectivity index (χ1) is 8.52. The highest BCUT2D eigenvalue weighted by Crippen LogP contribution is 2.54. The molecule has 2 N–H and O–H groups in total. The van der Waals surface area contributed by atoms with Gasteiger partial charge in [-0.3, -0.25) is 4.79 Å². The molecule has 6 nitrogen and oxygen atoms in total. The smallest absolute Gasteiger partial charge is 0.297 e. The molecule has 0 spiro atoms. The van der Waals surface area contributed by atoms with E-state index in [4.69, 9.17) is 0 Å². The number of fused-ring (bicyclic) bond motifs is 2. The summed E-state index contributed by atoms with van der Waals surface area (Å²) in [5.41, 5.74) is -0.454.